The van der Waals surface area contributed by atoms with Gasteiger partial charge in [-0.1, -0.05) is 13.8 Å². The van der Waals surface area contributed by atoms with E-state index in [1.165, 1.54) is 11.3 Å². The second-order valence-electron chi connectivity index (χ2n) is 5.84. The van der Waals surface area contributed by atoms with Gasteiger partial charge in [-0.05, 0) is 32.3 Å². The van der Waals surface area contributed by atoms with Gasteiger partial charge in [0.25, 0.3) is 5.91 Å². The first kappa shape index (κ1) is 15.7. The molecule has 1 amide bonds. The maximum Gasteiger partial charge on any atom is 0.266 e. The molecule has 0 radical (unpaired) electrons. The van der Waals surface area contributed by atoms with Crippen molar-refractivity contribution in [1.29, 1.82) is 0 Å². The Balaban J connectivity index is 2.50. The molecular formula is C15H22N4OS. The number of nitrogens with zero attached hydrogens (tertiary/aromatic N) is 3. The smallest absolute Gasteiger partial charge is 0.266 e. The van der Waals surface area contributed by atoms with Crippen LogP contribution in [0.25, 0.3) is 10.2 Å². The van der Waals surface area contributed by atoms with Crippen molar-refractivity contribution in [2.45, 2.75) is 40.7 Å². The Labute approximate surface area is 129 Å². The van der Waals surface area contributed by atoms with Crippen molar-refractivity contribution in [1.82, 2.24) is 15.1 Å². The van der Waals surface area contributed by atoms with Gasteiger partial charge in [0.05, 0.1) is 11.4 Å². The summed E-state index contributed by atoms with van der Waals surface area (Å²) in [5, 5.41) is 9.13. The molecule has 1 unspecified atom stereocenters. The van der Waals surface area contributed by atoms with Crippen LogP contribution in [0.2, 0.25) is 0 Å². The molecule has 21 heavy (non-hydrogen) atoms. The predicted octanol–water partition coefficient (Wildman–Crippen LogP) is 3.01. The topological polar surface area (TPSA) is 72.1 Å². The number of nitrogens with two attached hydrogens (primary N) is 1. The van der Waals surface area contributed by atoms with Crippen LogP contribution in [0.15, 0.2) is 0 Å². The van der Waals surface area contributed by atoms with Crippen LogP contribution in [0.1, 0.15) is 41.7 Å². The van der Waals surface area contributed by atoms with Crippen molar-refractivity contribution in [3.05, 3.63) is 16.1 Å². The monoisotopic (exact) mass is 306 g/mol. The van der Waals surface area contributed by atoms with Crippen molar-refractivity contribution >= 4 is 33.1 Å². The lowest BCUT2D eigenvalue weighted by Gasteiger charge is -2.27. The van der Waals surface area contributed by atoms with E-state index in [2.05, 4.69) is 24.0 Å². The zero-order chi connectivity index (χ0) is 15.9. The molecule has 2 heterocycles. The number of aromatic nitrogens is 2. The summed E-state index contributed by atoms with van der Waals surface area (Å²) in [5.41, 5.74) is 8.58. The summed E-state index contributed by atoms with van der Waals surface area (Å²) in [7, 11) is 1.82. The number of carbonyl (C=O) groups is 1. The number of amides is 1. The number of carbonyl (C=O) groups excluding carboxylic acids is 1. The molecule has 2 N–H and O–H groups in total. The van der Waals surface area contributed by atoms with Crippen molar-refractivity contribution in [3.63, 3.8) is 0 Å². The number of hydrogen-bond acceptors (Lipinski definition) is 5. The molecule has 2 aromatic rings. The van der Waals surface area contributed by atoms with Crippen molar-refractivity contribution in [2.24, 2.45) is 5.92 Å². The highest BCUT2D eigenvalue weighted by molar-refractivity contribution is 7.21. The highest BCUT2D eigenvalue weighted by Crippen LogP contribution is 2.35. The average Bonchev–Trinajstić information content (AvgIpc) is 2.78. The molecular weight excluding hydrogens is 284 g/mol. The van der Waals surface area contributed by atoms with E-state index in [-0.39, 0.29) is 11.9 Å². The average molecular weight is 306 g/mol. The number of anilines is 1. The summed E-state index contributed by atoms with van der Waals surface area (Å²) < 4.78 is 0. The maximum absolute atomic E-state index is 12.7. The van der Waals surface area contributed by atoms with Crippen LogP contribution >= 0.6 is 11.3 Å². The normalized spacial score (nSPS) is 12.9. The molecule has 0 saturated heterocycles. The van der Waals surface area contributed by atoms with Crippen LogP contribution < -0.4 is 5.73 Å². The minimum absolute atomic E-state index is 0.0475. The second-order valence-corrected chi connectivity index (χ2v) is 6.84. The summed E-state index contributed by atoms with van der Waals surface area (Å²) in [5.74, 6) is 0.340. The van der Waals surface area contributed by atoms with Gasteiger partial charge in [-0.3, -0.25) is 4.79 Å². The molecule has 0 aromatic carbocycles. The van der Waals surface area contributed by atoms with Gasteiger partial charge in [0.2, 0.25) is 0 Å². The largest absolute Gasteiger partial charge is 0.397 e. The van der Waals surface area contributed by atoms with E-state index in [0.717, 1.165) is 21.5 Å². The number of fused-ring (bicyclic) bond motifs is 1. The SMILES string of the molecule is Cc1nnc2sc(C(=O)N(C)C(C)C(C)C)c(N)c2c1C. The number of thiophene rings is 1. The van der Waals surface area contributed by atoms with E-state index in [1.54, 1.807) is 4.90 Å². The fraction of sp³-hybridized carbons (Fsp3) is 0.533. The second kappa shape index (κ2) is 5.60. The van der Waals surface area contributed by atoms with E-state index in [9.17, 15) is 4.79 Å². The zero-order valence-corrected chi connectivity index (χ0v) is 14.2. The molecule has 0 spiro atoms. The lowest BCUT2D eigenvalue weighted by atomic mass is 10.0. The third kappa shape index (κ3) is 2.60. The highest BCUT2D eigenvalue weighted by atomic mass is 32.1. The van der Waals surface area contributed by atoms with Gasteiger partial charge in [-0.15, -0.1) is 16.4 Å². The minimum Gasteiger partial charge on any atom is -0.397 e. The zero-order valence-electron chi connectivity index (χ0n) is 13.4. The van der Waals surface area contributed by atoms with Crippen LogP contribution in [0.5, 0.6) is 0 Å². The standard InChI is InChI=1S/C15H22N4OS/c1-7(2)10(5)19(6)15(20)13-12(16)11-8(3)9(4)17-18-14(11)21-13/h7,10H,16H2,1-6H3. The van der Waals surface area contributed by atoms with Crippen molar-refractivity contribution < 1.29 is 4.79 Å². The quantitative estimate of drug-likeness (QED) is 0.946. The molecule has 0 fully saturated rings. The Morgan fingerprint density at radius 2 is 1.86 bits per heavy atom. The Hall–Kier alpha value is -1.69. The van der Waals surface area contributed by atoms with Crippen LogP contribution in [-0.4, -0.2) is 34.1 Å². The molecule has 0 bridgehead atoms. The maximum atomic E-state index is 12.7. The lowest BCUT2D eigenvalue weighted by molar-refractivity contribution is 0.0713. The number of nitrogen functional groups attached to an aromatic ring is 1. The van der Waals surface area contributed by atoms with Gasteiger partial charge in [-0.25, -0.2) is 0 Å². The van der Waals surface area contributed by atoms with Crippen molar-refractivity contribution in [3.8, 4) is 0 Å². The van der Waals surface area contributed by atoms with Crippen molar-refractivity contribution in [2.75, 3.05) is 12.8 Å². The highest BCUT2D eigenvalue weighted by Gasteiger charge is 2.25. The predicted molar refractivity (Wildman–Crippen MR) is 87.7 cm³/mol. The summed E-state index contributed by atoms with van der Waals surface area (Å²) in [6.07, 6.45) is 0. The minimum atomic E-state index is -0.0475. The van der Waals surface area contributed by atoms with E-state index in [4.69, 9.17) is 5.73 Å². The first-order chi connectivity index (χ1) is 9.75. The first-order valence-corrected chi connectivity index (χ1v) is 7.86. The Morgan fingerprint density at radius 1 is 1.24 bits per heavy atom. The van der Waals surface area contributed by atoms with Gasteiger partial charge in [0.1, 0.15) is 9.71 Å². The number of aryl methyl sites for hydroxylation is 2. The molecule has 2 aromatic heterocycles. The lowest BCUT2D eigenvalue weighted by Crippen LogP contribution is -2.38. The van der Waals surface area contributed by atoms with Gasteiger partial charge < -0.3 is 10.6 Å². The van der Waals surface area contributed by atoms with Gasteiger partial charge in [0, 0.05) is 18.5 Å². The number of rotatable bonds is 3. The molecule has 114 valence electrons. The van der Waals surface area contributed by atoms with Crippen LogP contribution in [0, 0.1) is 19.8 Å². The van der Waals surface area contributed by atoms with E-state index in [0.29, 0.717) is 16.5 Å². The van der Waals surface area contributed by atoms with Crippen LogP contribution in [0.4, 0.5) is 5.69 Å². The molecule has 5 nitrogen and oxygen atoms in total. The third-order valence-corrected chi connectivity index (χ3v) is 5.30. The third-order valence-electron chi connectivity index (χ3n) is 4.23. The number of hydrogen-bond donors (Lipinski definition) is 1. The summed E-state index contributed by atoms with van der Waals surface area (Å²) in [4.78, 5) is 15.7. The molecule has 0 aliphatic heterocycles. The molecule has 0 aliphatic rings. The molecule has 0 aliphatic carbocycles. The molecule has 1 atom stereocenters. The van der Waals surface area contributed by atoms with E-state index < -0.39 is 0 Å². The Morgan fingerprint density at radius 3 is 2.43 bits per heavy atom. The molecule has 0 saturated carbocycles. The summed E-state index contributed by atoms with van der Waals surface area (Å²) in [6, 6.07) is 0.149. The Kier molecular flexibility index (Phi) is 4.18. The fourth-order valence-electron chi connectivity index (χ4n) is 2.19. The van der Waals surface area contributed by atoms with Gasteiger partial charge >= 0.3 is 0 Å². The summed E-state index contributed by atoms with van der Waals surface area (Å²) >= 11 is 1.32. The Bertz CT molecular complexity index is 693. The molecule has 2 rings (SSSR count). The van der Waals surface area contributed by atoms with E-state index in [1.807, 2.05) is 27.8 Å². The van der Waals surface area contributed by atoms with E-state index >= 15 is 0 Å². The van der Waals surface area contributed by atoms with Gasteiger partial charge in [-0.2, -0.15) is 5.10 Å². The van der Waals surface area contributed by atoms with Gasteiger partial charge in [0.15, 0.2) is 0 Å². The van der Waals surface area contributed by atoms with Crippen LogP contribution in [-0.2, 0) is 0 Å². The van der Waals surface area contributed by atoms with Crippen LogP contribution in [0.3, 0.4) is 0 Å². The first-order valence-electron chi connectivity index (χ1n) is 7.04. The fourth-order valence-corrected chi connectivity index (χ4v) is 3.28. The molecule has 6 heteroatoms. The summed E-state index contributed by atoms with van der Waals surface area (Å²) in [6.45, 7) is 10.1.